The van der Waals surface area contributed by atoms with E-state index >= 15 is 0 Å². The topological polar surface area (TPSA) is 67.2 Å². The van der Waals surface area contributed by atoms with E-state index in [2.05, 4.69) is 10.4 Å². The van der Waals surface area contributed by atoms with Gasteiger partial charge in [-0.2, -0.15) is 5.10 Å². The molecule has 0 radical (unpaired) electrons. The van der Waals surface area contributed by atoms with Crippen LogP contribution >= 0.6 is 11.8 Å². The first-order chi connectivity index (χ1) is 12.0. The standard InChI is InChI=1S/C18H20N4O2S/c1-18-9-7-16(23)22(18)14(12-25-18)17(24)19-15-8-10-21(20-15)11-13-5-3-2-4-6-13/h2-6,8,10,14H,7,9,11-12H2,1H3,(H,19,20,24)/t14-,18+/m1/s1. The molecule has 0 bridgehead atoms. The van der Waals surface area contributed by atoms with E-state index in [0.29, 0.717) is 24.5 Å². The Kier molecular flexibility index (Phi) is 4.03. The molecule has 2 fully saturated rings. The van der Waals surface area contributed by atoms with Gasteiger partial charge in [-0.3, -0.25) is 14.3 Å². The highest BCUT2D eigenvalue weighted by Crippen LogP contribution is 2.47. The van der Waals surface area contributed by atoms with Crippen molar-refractivity contribution in [2.24, 2.45) is 0 Å². The largest absolute Gasteiger partial charge is 0.315 e. The highest BCUT2D eigenvalue weighted by molar-refractivity contribution is 8.01. The van der Waals surface area contributed by atoms with Crippen molar-refractivity contribution in [3.05, 3.63) is 48.2 Å². The lowest BCUT2D eigenvalue weighted by Crippen LogP contribution is -2.48. The van der Waals surface area contributed by atoms with Gasteiger partial charge in [-0.25, -0.2) is 0 Å². The van der Waals surface area contributed by atoms with Crippen LogP contribution in [0.4, 0.5) is 5.82 Å². The van der Waals surface area contributed by atoms with E-state index in [1.54, 1.807) is 27.4 Å². The monoisotopic (exact) mass is 356 g/mol. The Morgan fingerprint density at radius 2 is 2.16 bits per heavy atom. The number of aromatic nitrogens is 2. The molecule has 1 aromatic carbocycles. The van der Waals surface area contributed by atoms with Gasteiger partial charge in [0.05, 0.1) is 11.4 Å². The van der Waals surface area contributed by atoms with E-state index in [1.165, 1.54) is 0 Å². The molecular formula is C18H20N4O2S. The Morgan fingerprint density at radius 3 is 2.96 bits per heavy atom. The summed E-state index contributed by atoms with van der Waals surface area (Å²) in [5.41, 5.74) is 1.15. The molecule has 2 aliphatic heterocycles. The van der Waals surface area contributed by atoms with Crippen molar-refractivity contribution in [1.29, 1.82) is 0 Å². The molecule has 2 saturated heterocycles. The molecule has 1 N–H and O–H groups in total. The first-order valence-corrected chi connectivity index (χ1v) is 9.38. The molecule has 6 nitrogen and oxygen atoms in total. The van der Waals surface area contributed by atoms with E-state index in [0.717, 1.165) is 12.0 Å². The van der Waals surface area contributed by atoms with Crippen LogP contribution in [-0.2, 0) is 16.1 Å². The lowest BCUT2D eigenvalue weighted by atomic mass is 10.2. The van der Waals surface area contributed by atoms with Crippen LogP contribution in [0, 0.1) is 0 Å². The van der Waals surface area contributed by atoms with E-state index in [4.69, 9.17) is 0 Å². The van der Waals surface area contributed by atoms with Gasteiger partial charge in [-0.1, -0.05) is 30.3 Å². The van der Waals surface area contributed by atoms with Crippen molar-refractivity contribution < 1.29 is 9.59 Å². The maximum atomic E-state index is 12.6. The van der Waals surface area contributed by atoms with Crippen LogP contribution in [0.3, 0.4) is 0 Å². The summed E-state index contributed by atoms with van der Waals surface area (Å²) in [6.07, 6.45) is 3.18. The number of fused-ring (bicyclic) bond motifs is 1. The van der Waals surface area contributed by atoms with Crippen molar-refractivity contribution in [3.63, 3.8) is 0 Å². The minimum atomic E-state index is -0.413. The maximum absolute atomic E-state index is 12.6. The van der Waals surface area contributed by atoms with Crippen molar-refractivity contribution in [2.45, 2.75) is 37.2 Å². The molecule has 2 amide bonds. The first-order valence-electron chi connectivity index (χ1n) is 8.39. The number of thioether (sulfide) groups is 1. The molecule has 7 heteroatoms. The van der Waals surface area contributed by atoms with Crippen molar-refractivity contribution in [3.8, 4) is 0 Å². The van der Waals surface area contributed by atoms with Gasteiger partial charge in [0.15, 0.2) is 5.82 Å². The first kappa shape index (κ1) is 16.2. The van der Waals surface area contributed by atoms with Gasteiger partial charge >= 0.3 is 0 Å². The smallest absolute Gasteiger partial charge is 0.249 e. The van der Waals surface area contributed by atoms with Gasteiger partial charge in [-0.15, -0.1) is 11.8 Å². The summed E-state index contributed by atoms with van der Waals surface area (Å²) in [5.74, 6) is 1.07. The van der Waals surface area contributed by atoms with Gasteiger partial charge in [0.25, 0.3) is 0 Å². The van der Waals surface area contributed by atoms with Crippen LogP contribution in [0.25, 0.3) is 0 Å². The molecular weight excluding hydrogens is 336 g/mol. The minimum absolute atomic E-state index is 0.0715. The summed E-state index contributed by atoms with van der Waals surface area (Å²) < 4.78 is 1.79. The number of carbonyl (C=O) groups is 2. The van der Waals surface area contributed by atoms with Gasteiger partial charge in [0.2, 0.25) is 11.8 Å². The zero-order valence-electron chi connectivity index (χ0n) is 14.0. The molecule has 0 unspecified atom stereocenters. The van der Waals surface area contributed by atoms with Crippen molar-refractivity contribution >= 4 is 29.4 Å². The Labute approximate surface area is 150 Å². The average molecular weight is 356 g/mol. The fraction of sp³-hybridized carbons (Fsp3) is 0.389. The lowest BCUT2D eigenvalue weighted by molar-refractivity contribution is -0.135. The third kappa shape index (κ3) is 3.04. The Bertz CT molecular complexity index is 806. The fourth-order valence-electron chi connectivity index (χ4n) is 3.51. The van der Waals surface area contributed by atoms with Crippen LogP contribution in [0.5, 0.6) is 0 Å². The summed E-state index contributed by atoms with van der Waals surface area (Å²) >= 11 is 1.69. The molecule has 3 heterocycles. The van der Waals surface area contributed by atoms with Crippen molar-refractivity contribution in [2.75, 3.05) is 11.1 Å². The molecule has 0 spiro atoms. The highest BCUT2D eigenvalue weighted by Gasteiger charge is 2.52. The third-order valence-electron chi connectivity index (χ3n) is 4.83. The molecule has 2 atom stereocenters. The Balaban J connectivity index is 1.43. The zero-order chi connectivity index (χ0) is 17.4. The van der Waals surface area contributed by atoms with Crippen LogP contribution < -0.4 is 5.32 Å². The molecule has 0 saturated carbocycles. The summed E-state index contributed by atoms with van der Waals surface area (Å²) in [6.45, 7) is 2.70. The second-order valence-electron chi connectivity index (χ2n) is 6.64. The molecule has 1 aromatic heterocycles. The quantitative estimate of drug-likeness (QED) is 0.913. The van der Waals surface area contributed by atoms with E-state index in [9.17, 15) is 9.59 Å². The number of hydrogen-bond donors (Lipinski definition) is 1. The molecule has 2 aliphatic rings. The predicted molar refractivity (Wildman–Crippen MR) is 97.1 cm³/mol. The summed E-state index contributed by atoms with van der Waals surface area (Å²) in [7, 11) is 0. The second kappa shape index (κ2) is 6.22. The van der Waals surface area contributed by atoms with Crippen molar-refractivity contribution in [1.82, 2.24) is 14.7 Å². The highest BCUT2D eigenvalue weighted by atomic mass is 32.2. The summed E-state index contributed by atoms with van der Waals surface area (Å²) in [4.78, 5) is 26.3. The van der Waals surface area contributed by atoms with Gasteiger partial charge < -0.3 is 10.2 Å². The normalized spacial score (nSPS) is 25.2. The predicted octanol–water partition coefficient (Wildman–Crippen LogP) is 2.32. The van der Waals surface area contributed by atoms with Crippen LogP contribution in [0.1, 0.15) is 25.3 Å². The average Bonchev–Trinajstić information content (AvgIpc) is 3.25. The number of amides is 2. The van der Waals surface area contributed by atoms with Crippen LogP contribution in [0.15, 0.2) is 42.6 Å². The number of rotatable bonds is 4. The SMILES string of the molecule is C[C@]12CCC(=O)N1[C@@H](C(=O)Nc1ccn(Cc3ccccc3)n1)CS2. The maximum Gasteiger partial charge on any atom is 0.249 e. The number of carbonyl (C=O) groups excluding carboxylic acids is 2. The van der Waals surface area contributed by atoms with E-state index in [-0.39, 0.29) is 16.7 Å². The number of nitrogens with zero attached hydrogens (tertiary/aromatic N) is 3. The number of hydrogen-bond acceptors (Lipinski definition) is 4. The molecule has 2 aromatic rings. The van der Waals surface area contributed by atoms with Crippen LogP contribution in [0.2, 0.25) is 0 Å². The zero-order valence-corrected chi connectivity index (χ0v) is 14.8. The van der Waals surface area contributed by atoms with E-state index < -0.39 is 6.04 Å². The van der Waals surface area contributed by atoms with E-state index in [1.807, 2.05) is 43.5 Å². The minimum Gasteiger partial charge on any atom is -0.315 e. The Hall–Kier alpha value is -2.28. The Morgan fingerprint density at radius 1 is 1.36 bits per heavy atom. The third-order valence-corrected chi connectivity index (χ3v) is 6.33. The molecule has 25 heavy (non-hydrogen) atoms. The summed E-state index contributed by atoms with van der Waals surface area (Å²) in [6, 6.07) is 11.4. The fourth-order valence-corrected chi connectivity index (χ4v) is 4.94. The number of benzene rings is 1. The number of nitrogens with one attached hydrogen (secondary N) is 1. The second-order valence-corrected chi connectivity index (χ2v) is 8.14. The summed E-state index contributed by atoms with van der Waals surface area (Å²) in [5, 5.41) is 7.28. The number of anilines is 1. The molecule has 4 rings (SSSR count). The van der Waals surface area contributed by atoms with Gasteiger partial charge in [0.1, 0.15) is 6.04 Å². The van der Waals surface area contributed by atoms with Crippen LogP contribution in [-0.4, -0.2) is 43.2 Å². The molecule has 130 valence electrons. The van der Waals surface area contributed by atoms with Gasteiger partial charge in [0, 0.05) is 24.4 Å². The molecule has 0 aliphatic carbocycles. The van der Waals surface area contributed by atoms with Gasteiger partial charge in [-0.05, 0) is 18.9 Å². The lowest BCUT2D eigenvalue weighted by Gasteiger charge is -2.29.